The molecule has 0 bridgehead atoms. The molecular weight excluding hydrogens is 464 g/mol. The van der Waals surface area contributed by atoms with Crippen molar-refractivity contribution >= 4 is 41.4 Å². The van der Waals surface area contributed by atoms with Gasteiger partial charge in [-0.2, -0.15) is 23.5 Å². The number of hydrogen-bond donors (Lipinski definition) is 5. The molecule has 12 heteroatoms. The van der Waals surface area contributed by atoms with Crippen LogP contribution >= 0.6 is 23.5 Å². The maximum Gasteiger partial charge on any atom is 0.316 e. The number of carboxylic acids is 2. The van der Waals surface area contributed by atoms with Crippen molar-refractivity contribution in [1.82, 2.24) is 0 Å². The van der Waals surface area contributed by atoms with Gasteiger partial charge in [0.05, 0.1) is 26.1 Å². The largest absolute Gasteiger partial charge is 0.481 e. The van der Waals surface area contributed by atoms with Crippen LogP contribution in [-0.2, 0) is 23.9 Å². The van der Waals surface area contributed by atoms with Gasteiger partial charge in [0.2, 0.25) is 0 Å². The number of aliphatic carboxylic acids is 2. The quantitative estimate of drug-likeness (QED) is 0.0786. The summed E-state index contributed by atoms with van der Waals surface area (Å²) < 4.78 is 10.5. The number of hydrogen-bond acceptors (Lipinski definition) is 10. The molecule has 0 heterocycles. The Morgan fingerprint density at radius 3 is 2.22 bits per heavy atom. The number of carbonyl (C=O) groups excluding carboxylic acids is 1. The molecule has 5 N–H and O–H groups in total. The van der Waals surface area contributed by atoms with E-state index in [1.807, 2.05) is 0 Å². The number of ether oxygens (including phenoxy) is 2. The van der Waals surface area contributed by atoms with Gasteiger partial charge in [-0.15, -0.1) is 0 Å². The van der Waals surface area contributed by atoms with E-state index >= 15 is 0 Å². The molecule has 0 aliphatic carbocycles. The van der Waals surface area contributed by atoms with E-state index in [9.17, 15) is 29.7 Å². The van der Waals surface area contributed by atoms with Crippen LogP contribution in [0, 0.1) is 5.41 Å². The standard InChI is InChI=1S/C20H34O10S2/c1-4-7-20(3,28)18(27)30-13-19(2,12-21)17(26)29-10-14(32-9-6-16(24)25)11-31-8-5-15(22)23/h4,7,14,18,21,27-28H,5-6,8-13H2,1-3H3,(H,22,23)(H,24,25). The van der Waals surface area contributed by atoms with E-state index in [1.165, 1.54) is 49.5 Å². The topological polar surface area (TPSA) is 171 Å². The van der Waals surface area contributed by atoms with Crippen LogP contribution in [0.25, 0.3) is 0 Å². The van der Waals surface area contributed by atoms with Crippen LogP contribution < -0.4 is 0 Å². The van der Waals surface area contributed by atoms with Gasteiger partial charge in [-0.1, -0.05) is 12.2 Å². The number of allylic oxidation sites excluding steroid dienone is 1. The molecule has 0 spiro atoms. The molecule has 0 aliphatic rings. The first-order chi connectivity index (χ1) is 14.9. The summed E-state index contributed by atoms with van der Waals surface area (Å²) in [5, 5.41) is 47.1. The Balaban J connectivity index is 4.87. The van der Waals surface area contributed by atoms with E-state index in [2.05, 4.69) is 0 Å². The summed E-state index contributed by atoms with van der Waals surface area (Å²) in [6.07, 6.45) is 1.13. The summed E-state index contributed by atoms with van der Waals surface area (Å²) in [7, 11) is 0. The molecule has 0 aromatic carbocycles. The number of esters is 1. The lowest BCUT2D eigenvalue weighted by molar-refractivity contribution is -0.208. The first kappa shape index (κ1) is 30.7. The molecule has 10 nitrogen and oxygen atoms in total. The second-order valence-corrected chi connectivity index (χ2v) is 10.1. The summed E-state index contributed by atoms with van der Waals surface area (Å²) in [6.45, 7) is 3.25. The molecule has 0 aromatic rings. The van der Waals surface area contributed by atoms with Crippen LogP contribution in [0.3, 0.4) is 0 Å². The Morgan fingerprint density at radius 2 is 1.69 bits per heavy atom. The average Bonchev–Trinajstić information content (AvgIpc) is 2.71. The number of aliphatic hydroxyl groups is 3. The van der Waals surface area contributed by atoms with Crippen molar-refractivity contribution < 1.29 is 49.4 Å². The predicted molar refractivity (Wildman–Crippen MR) is 122 cm³/mol. The van der Waals surface area contributed by atoms with E-state index < -0.39 is 48.4 Å². The first-order valence-electron chi connectivity index (χ1n) is 9.95. The van der Waals surface area contributed by atoms with Crippen molar-refractivity contribution in [2.24, 2.45) is 5.41 Å². The summed E-state index contributed by atoms with van der Waals surface area (Å²) in [4.78, 5) is 34.0. The highest BCUT2D eigenvalue weighted by molar-refractivity contribution is 8.03. The van der Waals surface area contributed by atoms with E-state index in [-0.39, 0.29) is 24.7 Å². The Kier molecular flexibility index (Phi) is 14.9. The van der Waals surface area contributed by atoms with Gasteiger partial charge in [0.15, 0.2) is 6.29 Å². The molecule has 0 radical (unpaired) electrons. The minimum absolute atomic E-state index is 0.0176. The summed E-state index contributed by atoms with van der Waals surface area (Å²) in [5.41, 5.74) is -3.19. The zero-order valence-electron chi connectivity index (χ0n) is 18.6. The summed E-state index contributed by atoms with van der Waals surface area (Å²) >= 11 is 2.65. The fourth-order valence-electron chi connectivity index (χ4n) is 2.19. The predicted octanol–water partition coefficient (Wildman–Crippen LogP) is 0.975. The number of rotatable bonds is 18. The molecule has 0 aromatic heterocycles. The molecular formula is C20H34O10S2. The Labute approximate surface area is 196 Å². The lowest BCUT2D eigenvalue weighted by Crippen LogP contribution is -2.45. The van der Waals surface area contributed by atoms with Crippen LogP contribution in [0.1, 0.15) is 33.6 Å². The molecule has 4 unspecified atom stereocenters. The molecule has 4 atom stereocenters. The number of aliphatic hydroxyl groups excluding tert-OH is 2. The van der Waals surface area contributed by atoms with Gasteiger partial charge in [0.25, 0.3) is 0 Å². The van der Waals surface area contributed by atoms with E-state index in [1.54, 1.807) is 6.92 Å². The van der Waals surface area contributed by atoms with Gasteiger partial charge in [0.1, 0.15) is 17.6 Å². The van der Waals surface area contributed by atoms with Gasteiger partial charge in [-0.3, -0.25) is 14.4 Å². The van der Waals surface area contributed by atoms with E-state index in [0.717, 1.165) is 0 Å². The third kappa shape index (κ3) is 12.7. The number of carboxylic acid groups (broad SMARTS) is 2. The molecule has 0 amide bonds. The normalized spacial score (nSPS) is 17.3. The first-order valence-corrected chi connectivity index (χ1v) is 12.1. The molecule has 186 valence electrons. The smallest absolute Gasteiger partial charge is 0.316 e. The zero-order chi connectivity index (χ0) is 24.8. The fraction of sp³-hybridized carbons (Fsp3) is 0.750. The second kappa shape index (κ2) is 15.5. The van der Waals surface area contributed by atoms with Crippen LogP contribution in [0.15, 0.2) is 12.2 Å². The molecule has 0 rings (SSSR count). The van der Waals surface area contributed by atoms with Crippen molar-refractivity contribution in [3.05, 3.63) is 12.2 Å². The van der Waals surface area contributed by atoms with Crippen LogP contribution in [0.5, 0.6) is 0 Å². The highest BCUT2D eigenvalue weighted by atomic mass is 32.2. The second-order valence-electron chi connectivity index (χ2n) is 7.56. The fourth-order valence-corrected chi connectivity index (χ4v) is 4.50. The highest BCUT2D eigenvalue weighted by Gasteiger charge is 2.38. The van der Waals surface area contributed by atoms with Crippen LogP contribution in [-0.4, -0.2) is 97.7 Å². The average molecular weight is 499 g/mol. The SMILES string of the molecule is CC=CC(C)(O)C(O)OCC(C)(CO)C(=O)OCC(CSCCC(=O)O)SCCC(=O)O. The highest BCUT2D eigenvalue weighted by Crippen LogP contribution is 2.24. The summed E-state index contributed by atoms with van der Waals surface area (Å²) in [5.74, 6) is -1.55. The Hall–Kier alpha value is -1.31. The van der Waals surface area contributed by atoms with E-state index in [0.29, 0.717) is 17.3 Å². The minimum atomic E-state index is -1.69. The van der Waals surface area contributed by atoms with Gasteiger partial charge in [0, 0.05) is 22.5 Å². The van der Waals surface area contributed by atoms with Crippen molar-refractivity contribution in [2.75, 3.05) is 37.1 Å². The number of thioether (sulfide) groups is 2. The maximum atomic E-state index is 12.6. The van der Waals surface area contributed by atoms with Crippen LogP contribution in [0.4, 0.5) is 0 Å². The lowest BCUT2D eigenvalue weighted by Gasteiger charge is -2.31. The number of carbonyl (C=O) groups is 3. The third-order valence-electron chi connectivity index (χ3n) is 4.24. The van der Waals surface area contributed by atoms with Gasteiger partial charge >= 0.3 is 17.9 Å². The monoisotopic (exact) mass is 498 g/mol. The Morgan fingerprint density at radius 1 is 1.09 bits per heavy atom. The van der Waals surface area contributed by atoms with Crippen LogP contribution in [0.2, 0.25) is 0 Å². The minimum Gasteiger partial charge on any atom is -0.481 e. The maximum absolute atomic E-state index is 12.6. The van der Waals surface area contributed by atoms with Gasteiger partial charge in [-0.25, -0.2) is 0 Å². The molecule has 0 saturated carbocycles. The van der Waals surface area contributed by atoms with Gasteiger partial charge < -0.3 is 35.0 Å². The molecule has 0 fully saturated rings. The van der Waals surface area contributed by atoms with Crippen molar-refractivity contribution in [1.29, 1.82) is 0 Å². The third-order valence-corrected chi connectivity index (χ3v) is 6.80. The van der Waals surface area contributed by atoms with Crippen molar-refractivity contribution in [3.8, 4) is 0 Å². The van der Waals surface area contributed by atoms with E-state index in [4.69, 9.17) is 19.7 Å². The molecule has 0 saturated heterocycles. The van der Waals surface area contributed by atoms with Gasteiger partial charge in [-0.05, 0) is 20.8 Å². The van der Waals surface area contributed by atoms with Crippen molar-refractivity contribution in [2.45, 2.75) is 50.8 Å². The summed E-state index contributed by atoms with van der Waals surface area (Å²) in [6, 6.07) is 0. The molecule has 0 aliphatic heterocycles. The van der Waals surface area contributed by atoms with Crippen molar-refractivity contribution in [3.63, 3.8) is 0 Å². The Bertz CT molecular complexity index is 626. The molecule has 32 heavy (non-hydrogen) atoms. The lowest BCUT2D eigenvalue weighted by atomic mass is 9.93. The zero-order valence-corrected chi connectivity index (χ0v) is 20.2.